The first kappa shape index (κ1) is 13.0. The fourth-order valence-corrected chi connectivity index (χ4v) is 1.62. The first-order valence-electron chi connectivity index (χ1n) is 6.00. The lowest BCUT2D eigenvalue weighted by molar-refractivity contribution is -0.137. The Balaban J connectivity index is 1.92. The highest BCUT2D eigenvalue weighted by Crippen LogP contribution is 2.47. The second-order valence-corrected chi connectivity index (χ2v) is 5.01. The van der Waals surface area contributed by atoms with Crippen LogP contribution in [0, 0.1) is 5.41 Å². The van der Waals surface area contributed by atoms with Crippen molar-refractivity contribution in [2.75, 3.05) is 6.54 Å². The molecule has 0 spiro atoms. The molecule has 1 rings (SSSR count). The zero-order valence-corrected chi connectivity index (χ0v) is 9.92. The molecule has 1 saturated carbocycles. The number of amides is 1. The summed E-state index contributed by atoms with van der Waals surface area (Å²) in [6.45, 7) is 3.00. The van der Waals surface area contributed by atoms with Gasteiger partial charge in [-0.15, -0.1) is 0 Å². The third-order valence-electron chi connectivity index (χ3n) is 3.20. The van der Waals surface area contributed by atoms with Gasteiger partial charge >= 0.3 is 5.97 Å². The van der Waals surface area contributed by atoms with Gasteiger partial charge in [0.2, 0.25) is 5.91 Å². The van der Waals surface area contributed by atoms with Gasteiger partial charge in [0, 0.05) is 19.4 Å². The van der Waals surface area contributed by atoms with Crippen molar-refractivity contribution >= 4 is 11.9 Å². The van der Waals surface area contributed by atoms with E-state index in [1.54, 1.807) is 0 Å². The van der Waals surface area contributed by atoms with Crippen molar-refractivity contribution in [2.24, 2.45) is 5.41 Å². The Morgan fingerprint density at radius 1 is 1.25 bits per heavy atom. The van der Waals surface area contributed by atoms with Crippen molar-refractivity contribution in [3.8, 4) is 0 Å². The first-order valence-corrected chi connectivity index (χ1v) is 6.00. The molecule has 0 radical (unpaired) electrons. The smallest absolute Gasteiger partial charge is 0.303 e. The summed E-state index contributed by atoms with van der Waals surface area (Å²) in [7, 11) is 0. The minimum atomic E-state index is -0.790. The van der Waals surface area contributed by atoms with Gasteiger partial charge in [-0.1, -0.05) is 6.92 Å². The van der Waals surface area contributed by atoms with Crippen LogP contribution in [0.1, 0.15) is 51.9 Å². The summed E-state index contributed by atoms with van der Waals surface area (Å²) in [5.41, 5.74) is 0.483. The molecule has 0 atom stereocenters. The van der Waals surface area contributed by atoms with Crippen molar-refractivity contribution in [2.45, 2.75) is 51.9 Å². The maximum Gasteiger partial charge on any atom is 0.303 e. The number of carbonyl (C=O) groups is 2. The average molecular weight is 227 g/mol. The van der Waals surface area contributed by atoms with E-state index in [0.29, 0.717) is 24.7 Å². The van der Waals surface area contributed by atoms with E-state index in [9.17, 15) is 9.59 Å². The van der Waals surface area contributed by atoms with E-state index >= 15 is 0 Å². The van der Waals surface area contributed by atoms with E-state index in [0.717, 1.165) is 13.0 Å². The monoisotopic (exact) mass is 227 g/mol. The molecule has 0 aromatic rings. The molecule has 0 aromatic heterocycles. The zero-order valence-electron chi connectivity index (χ0n) is 9.92. The van der Waals surface area contributed by atoms with Crippen LogP contribution in [0.2, 0.25) is 0 Å². The Morgan fingerprint density at radius 3 is 2.44 bits per heavy atom. The van der Waals surface area contributed by atoms with E-state index < -0.39 is 5.97 Å². The number of hydrogen-bond donors (Lipinski definition) is 2. The molecule has 0 aromatic carbocycles. The summed E-state index contributed by atoms with van der Waals surface area (Å²) in [4.78, 5) is 21.6. The lowest BCUT2D eigenvalue weighted by atomic mass is 10.1. The molecule has 1 fully saturated rings. The molecule has 1 amide bonds. The second-order valence-electron chi connectivity index (χ2n) is 5.01. The van der Waals surface area contributed by atoms with Crippen LogP contribution < -0.4 is 5.32 Å². The normalized spacial score (nSPS) is 16.8. The fourth-order valence-electron chi connectivity index (χ4n) is 1.62. The number of hydrogen-bond acceptors (Lipinski definition) is 2. The maximum atomic E-state index is 11.3. The number of rotatable bonds is 8. The molecule has 0 bridgehead atoms. The Hall–Kier alpha value is -1.06. The van der Waals surface area contributed by atoms with Crippen LogP contribution in [0.15, 0.2) is 0 Å². The molecule has 0 heterocycles. The largest absolute Gasteiger partial charge is 0.481 e. The van der Waals surface area contributed by atoms with Crippen LogP contribution in [-0.2, 0) is 9.59 Å². The summed E-state index contributed by atoms with van der Waals surface area (Å²) in [6.07, 6.45) is 5.47. The highest BCUT2D eigenvalue weighted by molar-refractivity contribution is 5.75. The van der Waals surface area contributed by atoms with Gasteiger partial charge in [0.25, 0.3) is 0 Å². The predicted molar refractivity (Wildman–Crippen MR) is 61.1 cm³/mol. The fraction of sp³-hybridized carbons (Fsp3) is 0.833. The van der Waals surface area contributed by atoms with E-state index in [4.69, 9.17) is 5.11 Å². The van der Waals surface area contributed by atoms with Crippen LogP contribution >= 0.6 is 0 Å². The van der Waals surface area contributed by atoms with Gasteiger partial charge in [0.15, 0.2) is 0 Å². The maximum absolute atomic E-state index is 11.3. The van der Waals surface area contributed by atoms with Crippen LogP contribution in [0.25, 0.3) is 0 Å². The summed E-state index contributed by atoms with van der Waals surface area (Å²) in [5, 5.41) is 11.3. The minimum Gasteiger partial charge on any atom is -0.481 e. The highest BCUT2D eigenvalue weighted by atomic mass is 16.4. The minimum absolute atomic E-state index is 0.0506. The van der Waals surface area contributed by atoms with Gasteiger partial charge in [-0.05, 0) is 37.5 Å². The van der Waals surface area contributed by atoms with E-state index in [1.807, 2.05) is 0 Å². The Bertz CT molecular complexity index is 259. The summed E-state index contributed by atoms with van der Waals surface area (Å²) in [6, 6.07) is 0. The zero-order chi connectivity index (χ0) is 12.0. The molecular formula is C12H21NO3. The van der Waals surface area contributed by atoms with Gasteiger partial charge < -0.3 is 10.4 Å². The van der Waals surface area contributed by atoms with Gasteiger partial charge in [0.1, 0.15) is 0 Å². The van der Waals surface area contributed by atoms with E-state index in [1.165, 1.54) is 12.8 Å². The van der Waals surface area contributed by atoms with Crippen molar-refractivity contribution in [3.63, 3.8) is 0 Å². The molecule has 4 nitrogen and oxygen atoms in total. The van der Waals surface area contributed by atoms with E-state index in [-0.39, 0.29) is 12.3 Å². The number of carboxylic acid groups (broad SMARTS) is 1. The molecule has 1 aliphatic rings. The Kier molecular flexibility index (Phi) is 4.77. The number of carbonyl (C=O) groups excluding carboxylic acids is 1. The molecule has 4 heteroatoms. The molecule has 0 unspecified atom stereocenters. The second kappa shape index (κ2) is 5.87. The molecule has 0 saturated heterocycles. The predicted octanol–water partition coefficient (Wildman–Crippen LogP) is 1.94. The van der Waals surface area contributed by atoms with Crippen LogP contribution in [0.4, 0.5) is 0 Å². The molecule has 1 aliphatic carbocycles. The third-order valence-corrected chi connectivity index (χ3v) is 3.20. The van der Waals surface area contributed by atoms with Crippen molar-refractivity contribution in [1.29, 1.82) is 0 Å². The number of carboxylic acids is 1. The van der Waals surface area contributed by atoms with Gasteiger partial charge in [-0.25, -0.2) is 0 Å². The summed E-state index contributed by atoms with van der Waals surface area (Å²) < 4.78 is 0. The Morgan fingerprint density at radius 2 is 1.88 bits per heavy atom. The number of unbranched alkanes of at least 4 members (excludes halogenated alkanes) is 1. The van der Waals surface area contributed by atoms with Crippen molar-refractivity contribution in [3.05, 3.63) is 0 Å². The topological polar surface area (TPSA) is 66.4 Å². The third kappa shape index (κ3) is 5.73. The molecule has 0 aliphatic heterocycles. The lowest BCUT2D eigenvalue weighted by Gasteiger charge is -2.08. The molecule has 16 heavy (non-hydrogen) atoms. The van der Waals surface area contributed by atoms with Crippen molar-refractivity contribution in [1.82, 2.24) is 5.32 Å². The SMILES string of the molecule is CC1(CCNC(=O)CCCCC(=O)O)CC1. The summed E-state index contributed by atoms with van der Waals surface area (Å²) >= 11 is 0. The number of aliphatic carboxylic acids is 1. The molecule has 92 valence electrons. The Labute approximate surface area is 96.4 Å². The molecule has 2 N–H and O–H groups in total. The van der Waals surface area contributed by atoms with Crippen molar-refractivity contribution < 1.29 is 14.7 Å². The van der Waals surface area contributed by atoms with Gasteiger partial charge in [-0.3, -0.25) is 9.59 Å². The highest BCUT2D eigenvalue weighted by Gasteiger charge is 2.36. The van der Waals surface area contributed by atoms with E-state index in [2.05, 4.69) is 12.2 Å². The molecular weight excluding hydrogens is 206 g/mol. The van der Waals surface area contributed by atoms with Gasteiger partial charge in [0.05, 0.1) is 0 Å². The van der Waals surface area contributed by atoms with Crippen LogP contribution in [0.3, 0.4) is 0 Å². The summed E-state index contributed by atoms with van der Waals surface area (Å²) in [5.74, 6) is -0.739. The first-order chi connectivity index (χ1) is 7.52. The number of nitrogens with one attached hydrogen (secondary N) is 1. The average Bonchev–Trinajstić information content (AvgIpc) is 2.91. The lowest BCUT2D eigenvalue weighted by Crippen LogP contribution is -2.25. The van der Waals surface area contributed by atoms with Crippen LogP contribution in [0.5, 0.6) is 0 Å². The van der Waals surface area contributed by atoms with Crippen LogP contribution in [-0.4, -0.2) is 23.5 Å². The quantitative estimate of drug-likeness (QED) is 0.623. The van der Waals surface area contributed by atoms with Gasteiger partial charge in [-0.2, -0.15) is 0 Å². The standard InChI is InChI=1S/C12H21NO3/c1-12(6-7-12)8-9-13-10(14)4-2-3-5-11(15)16/h2-9H2,1H3,(H,13,14)(H,15,16).